The molecule has 1 rings (SSSR count). The van der Waals surface area contributed by atoms with Gasteiger partial charge in [-0.25, -0.2) is 4.98 Å². The minimum absolute atomic E-state index is 0.0896. The van der Waals surface area contributed by atoms with Gasteiger partial charge in [0.1, 0.15) is 16.3 Å². The highest BCUT2D eigenvalue weighted by Gasteiger charge is 2.21. The third-order valence-corrected chi connectivity index (χ3v) is 4.00. The second-order valence-corrected chi connectivity index (χ2v) is 6.12. The number of esters is 1. The lowest BCUT2D eigenvalue weighted by atomic mass is 10.1. The van der Waals surface area contributed by atoms with Crippen LogP contribution in [0.1, 0.15) is 44.0 Å². The fraction of sp³-hybridized carbons (Fsp3) is 0.533. The molecular formula is C15H20N2O2S. The van der Waals surface area contributed by atoms with E-state index in [-0.39, 0.29) is 17.3 Å². The summed E-state index contributed by atoms with van der Waals surface area (Å²) < 4.78 is 5.30. The van der Waals surface area contributed by atoms with Gasteiger partial charge in [0.05, 0.1) is 11.7 Å². The highest BCUT2D eigenvalue weighted by atomic mass is 32.2. The molecule has 1 heterocycles. The number of hydrogen-bond donors (Lipinski definition) is 0. The van der Waals surface area contributed by atoms with Gasteiger partial charge in [-0.15, -0.1) is 0 Å². The van der Waals surface area contributed by atoms with Crippen LogP contribution in [-0.4, -0.2) is 22.3 Å². The Morgan fingerprint density at radius 1 is 1.50 bits per heavy atom. The molecule has 0 aliphatic rings. The van der Waals surface area contributed by atoms with Crippen molar-refractivity contribution in [2.75, 3.05) is 0 Å². The van der Waals surface area contributed by atoms with E-state index in [0.717, 1.165) is 17.7 Å². The van der Waals surface area contributed by atoms with Crippen LogP contribution in [0, 0.1) is 25.2 Å². The molecule has 0 saturated carbocycles. The van der Waals surface area contributed by atoms with E-state index >= 15 is 0 Å². The Morgan fingerprint density at radius 3 is 2.70 bits per heavy atom. The molecule has 1 aromatic rings. The number of thioether (sulfide) groups is 1. The Bertz CT molecular complexity index is 537. The summed E-state index contributed by atoms with van der Waals surface area (Å²) in [5.74, 6) is -0.269. The van der Waals surface area contributed by atoms with Crippen molar-refractivity contribution in [1.82, 2.24) is 4.98 Å². The predicted molar refractivity (Wildman–Crippen MR) is 79.6 cm³/mol. The molecule has 108 valence electrons. The topological polar surface area (TPSA) is 63.0 Å². The van der Waals surface area contributed by atoms with Crippen molar-refractivity contribution >= 4 is 17.7 Å². The summed E-state index contributed by atoms with van der Waals surface area (Å²) in [5, 5.41) is 9.42. The maximum absolute atomic E-state index is 11.9. The average molecular weight is 292 g/mol. The smallest absolute Gasteiger partial charge is 0.319 e. The largest absolute Gasteiger partial charge is 0.462 e. The molecule has 0 aliphatic carbocycles. The van der Waals surface area contributed by atoms with Crippen LogP contribution >= 0.6 is 11.8 Å². The molecule has 0 bridgehead atoms. The molecule has 0 fully saturated rings. The third-order valence-electron chi connectivity index (χ3n) is 2.94. The number of nitriles is 1. The van der Waals surface area contributed by atoms with E-state index < -0.39 is 0 Å². The van der Waals surface area contributed by atoms with Crippen molar-refractivity contribution in [1.29, 1.82) is 5.26 Å². The lowest BCUT2D eigenvalue weighted by Crippen LogP contribution is -2.22. The summed E-state index contributed by atoms with van der Waals surface area (Å²) in [7, 11) is 0. The first-order valence-corrected chi connectivity index (χ1v) is 7.52. The van der Waals surface area contributed by atoms with Crippen LogP contribution in [-0.2, 0) is 9.53 Å². The number of carbonyl (C=O) groups excluding carboxylic acids is 1. The van der Waals surface area contributed by atoms with Crippen LogP contribution < -0.4 is 0 Å². The van der Waals surface area contributed by atoms with Crippen LogP contribution in [0.3, 0.4) is 0 Å². The van der Waals surface area contributed by atoms with Crippen LogP contribution in [0.2, 0.25) is 0 Å². The zero-order chi connectivity index (χ0) is 15.3. The minimum atomic E-state index is -0.384. The number of aryl methyl sites for hydroxylation is 2. The second kappa shape index (κ2) is 7.30. The van der Waals surface area contributed by atoms with E-state index in [0.29, 0.717) is 10.6 Å². The summed E-state index contributed by atoms with van der Waals surface area (Å²) >= 11 is 1.28. The van der Waals surface area contributed by atoms with Gasteiger partial charge in [0.15, 0.2) is 0 Å². The van der Waals surface area contributed by atoms with Gasteiger partial charge in [0.25, 0.3) is 0 Å². The first-order chi connectivity index (χ1) is 9.38. The Labute approximate surface area is 124 Å². The number of aromatic nitrogens is 1. The Balaban J connectivity index is 2.88. The van der Waals surface area contributed by atoms with Crippen LogP contribution in [0.15, 0.2) is 11.1 Å². The predicted octanol–water partition coefficient (Wildman–Crippen LogP) is 3.39. The van der Waals surface area contributed by atoms with Crippen molar-refractivity contribution in [3.8, 4) is 6.07 Å². The van der Waals surface area contributed by atoms with E-state index in [1.807, 2.05) is 33.8 Å². The summed E-state index contributed by atoms with van der Waals surface area (Å²) in [6.07, 6.45) is 0.696. The number of rotatable bonds is 5. The Hall–Kier alpha value is -1.54. The molecule has 0 aromatic carbocycles. The van der Waals surface area contributed by atoms with Crippen LogP contribution in [0.25, 0.3) is 0 Å². The zero-order valence-electron chi connectivity index (χ0n) is 12.6. The van der Waals surface area contributed by atoms with E-state index in [1.165, 1.54) is 11.8 Å². The lowest BCUT2D eigenvalue weighted by molar-refractivity contribution is -0.147. The molecule has 0 amide bonds. The van der Waals surface area contributed by atoms with Gasteiger partial charge in [-0.1, -0.05) is 18.7 Å². The summed E-state index contributed by atoms with van der Waals surface area (Å²) in [5.41, 5.74) is 2.25. The van der Waals surface area contributed by atoms with E-state index in [9.17, 15) is 10.1 Å². The van der Waals surface area contributed by atoms with Crippen molar-refractivity contribution in [3.63, 3.8) is 0 Å². The molecular weight excluding hydrogens is 272 g/mol. The molecule has 2 unspecified atom stereocenters. The molecule has 0 N–H and O–H groups in total. The van der Waals surface area contributed by atoms with Crippen molar-refractivity contribution in [3.05, 3.63) is 22.9 Å². The highest BCUT2D eigenvalue weighted by Crippen LogP contribution is 2.28. The fourth-order valence-corrected chi connectivity index (χ4v) is 2.62. The normalized spacial score (nSPS) is 13.4. The maximum Gasteiger partial charge on any atom is 0.319 e. The highest BCUT2D eigenvalue weighted by molar-refractivity contribution is 8.00. The molecule has 2 atom stereocenters. The molecule has 4 nitrogen and oxygen atoms in total. The Morgan fingerprint density at radius 2 is 2.15 bits per heavy atom. The van der Waals surface area contributed by atoms with Crippen molar-refractivity contribution in [2.24, 2.45) is 0 Å². The molecule has 5 heteroatoms. The van der Waals surface area contributed by atoms with Gasteiger partial charge >= 0.3 is 5.97 Å². The van der Waals surface area contributed by atoms with Crippen molar-refractivity contribution in [2.45, 2.75) is 57.4 Å². The Kier molecular flexibility index (Phi) is 6.03. The quantitative estimate of drug-likeness (QED) is 0.615. The van der Waals surface area contributed by atoms with Crippen LogP contribution in [0.4, 0.5) is 0 Å². The van der Waals surface area contributed by atoms with E-state index in [4.69, 9.17) is 4.74 Å². The molecule has 20 heavy (non-hydrogen) atoms. The summed E-state index contributed by atoms with van der Waals surface area (Å²) in [4.78, 5) is 16.3. The van der Waals surface area contributed by atoms with E-state index in [1.54, 1.807) is 6.92 Å². The van der Waals surface area contributed by atoms with Crippen LogP contribution in [0.5, 0.6) is 0 Å². The zero-order valence-corrected chi connectivity index (χ0v) is 13.4. The van der Waals surface area contributed by atoms with Gasteiger partial charge in [0, 0.05) is 5.69 Å². The van der Waals surface area contributed by atoms with Gasteiger partial charge in [-0.3, -0.25) is 4.79 Å². The first kappa shape index (κ1) is 16.5. The van der Waals surface area contributed by atoms with Gasteiger partial charge in [-0.2, -0.15) is 5.26 Å². The number of hydrogen-bond acceptors (Lipinski definition) is 5. The van der Waals surface area contributed by atoms with Crippen molar-refractivity contribution < 1.29 is 9.53 Å². The number of ether oxygens (including phenoxy) is 1. The molecule has 0 saturated heterocycles. The van der Waals surface area contributed by atoms with Gasteiger partial charge in [0.2, 0.25) is 0 Å². The molecule has 0 aliphatic heterocycles. The molecule has 0 spiro atoms. The third kappa shape index (κ3) is 4.24. The molecule has 1 aromatic heterocycles. The molecule has 0 radical (unpaired) electrons. The van der Waals surface area contributed by atoms with Gasteiger partial charge in [-0.05, 0) is 45.7 Å². The summed E-state index contributed by atoms with van der Waals surface area (Å²) in [6.45, 7) is 9.36. The van der Waals surface area contributed by atoms with E-state index in [2.05, 4.69) is 11.1 Å². The monoisotopic (exact) mass is 292 g/mol. The maximum atomic E-state index is 11.9. The average Bonchev–Trinajstić information content (AvgIpc) is 2.37. The SMILES string of the molecule is CCC(C)OC(=O)C(C)Sc1nc(C)cc(C)c1C#N. The van der Waals surface area contributed by atoms with Gasteiger partial charge < -0.3 is 4.74 Å². The second-order valence-electron chi connectivity index (χ2n) is 4.79. The fourth-order valence-electron chi connectivity index (χ4n) is 1.62. The number of pyridine rings is 1. The number of nitrogens with zero attached hydrogens (tertiary/aromatic N) is 2. The lowest BCUT2D eigenvalue weighted by Gasteiger charge is -2.16. The standard InChI is InChI=1S/C15H20N2O2S/c1-6-11(4)19-15(18)12(5)20-14-13(8-16)9(2)7-10(3)17-14/h7,11-12H,6H2,1-5H3. The minimum Gasteiger partial charge on any atom is -0.462 e. The first-order valence-electron chi connectivity index (χ1n) is 6.64. The number of carbonyl (C=O) groups is 1. The summed E-state index contributed by atoms with van der Waals surface area (Å²) in [6, 6.07) is 4.02.